The van der Waals surface area contributed by atoms with Crippen LogP contribution in [0.4, 0.5) is 0 Å². The van der Waals surface area contributed by atoms with Gasteiger partial charge in [-0.1, -0.05) is 20.8 Å². The number of carbonyl (C=O) groups is 1. The number of rotatable bonds is 5. The first-order valence-corrected chi connectivity index (χ1v) is 6.63. The van der Waals surface area contributed by atoms with Crippen molar-refractivity contribution in [3.63, 3.8) is 0 Å². The summed E-state index contributed by atoms with van der Waals surface area (Å²) in [7, 11) is 0. The predicted molar refractivity (Wildman–Crippen MR) is 66.4 cm³/mol. The molecular formula is C14H26O2. The maximum atomic E-state index is 10.6. The second kappa shape index (κ2) is 6.39. The second-order valence-electron chi connectivity index (χ2n) is 5.74. The summed E-state index contributed by atoms with van der Waals surface area (Å²) in [6, 6.07) is 0. The molecule has 16 heavy (non-hydrogen) atoms. The minimum Gasteiger partial charge on any atom is -0.375 e. The molecule has 0 aromatic carbocycles. The van der Waals surface area contributed by atoms with Crippen LogP contribution < -0.4 is 0 Å². The van der Waals surface area contributed by atoms with Gasteiger partial charge in [-0.15, -0.1) is 0 Å². The Kier molecular flexibility index (Phi) is 5.47. The summed E-state index contributed by atoms with van der Waals surface area (Å²) < 4.78 is 6.06. The van der Waals surface area contributed by atoms with Gasteiger partial charge < -0.3 is 9.53 Å². The number of hydrogen-bond acceptors (Lipinski definition) is 2. The van der Waals surface area contributed by atoms with Crippen LogP contribution in [0.1, 0.15) is 53.4 Å². The molecule has 4 unspecified atom stereocenters. The lowest BCUT2D eigenvalue weighted by atomic mass is 9.78. The van der Waals surface area contributed by atoms with E-state index in [4.69, 9.17) is 4.74 Å². The number of aldehydes is 1. The Bertz CT molecular complexity index is 211. The van der Waals surface area contributed by atoms with Crippen LogP contribution in [0, 0.1) is 17.8 Å². The zero-order chi connectivity index (χ0) is 12.1. The van der Waals surface area contributed by atoms with E-state index in [0.29, 0.717) is 36.4 Å². The van der Waals surface area contributed by atoms with Crippen LogP contribution in [0.2, 0.25) is 0 Å². The fraction of sp³-hybridized carbons (Fsp3) is 0.929. The number of carbonyl (C=O) groups excluding carboxylic acids is 1. The summed E-state index contributed by atoms with van der Waals surface area (Å²) in [5.41, 5.74) is 0. The van der Waals surface area contributed by atoms with Crippen molar-refractivity contribution in [2.45, 2.75) is 65.6 Å². The minimum atomic E-state index is 0.360. The van der Waals surface area contributed by atoms with Crippen molar-refractivity contribution in [3.05, 3.63) is 0 Å². The first-order valence-electron chi connectivity index (χ1n) is 6.63. The lowest BCUT2D eigenvalue weighted by Crippen LogP contribution is -2.38. The summed E-state index contributed by atoms with van der Waals surface area (Å²) in [6.07, 6.45) is 5.96. The molecule has 1 saturated heterocycles. The first kappa shape index (κ1) is 13.7. The normalized spacial score (nSPS) is 32.7. The zero-order valence-electron chi connectivity index (χ0n) is 11.1. The molecule has 1 rings (SSSR count). The van der Waals surface area contributed by atoms with Gasteiger partial charge in [-0.25, -0.2) is 0 Å². The summed E-state index contributed by atoms with van der Waals surface area (Å²) in [5, 5.41) is 0. The predicted octanol–water partition coefficient (Wildman–Crippen LogP) is 3.44. The molecule has 1 aliphatic rings. The summed E-state index contributed by atoms with van der Waals surface area (Å²) >= 11 is 0. The molecular weight excluding hydrogens is 200 g/mol. The van der Waals surface area contributed by atoms with Crippen molar-refractivity contribution in [1.82, 2.24) is 0 Å². The van der Waals surface area contributed by atoms with Crippen LogP contribution in [0.5, 0.6) is 0 Å². The van der Waals surface area contributed by atoms with E-state index in [-0.39, 0.29) is 0 Å². The summed E-state index contributed by atoms with van der Waals surface area (Å²) in [5.74, 6) is 1.71. The van der Waals surface area contributed by atoms with E-state index in [1.54, 1.807) is 0 Å². The van der Waals surface area contributed by atoms with Crippen molar-refractivity contribution in [2.75, 3.05) is 0 Å². The third-order valence-electron chi connectivity index (χ3n) is 3.69. The molecule has 0 aromatic rings. The Morgan fingerprint density at radius 2 is 2.00 bits per heavy atom. The Morgan fingerprint density at radius 3 is 2.56 bits per heavy atom. The highest BCUT2D eigenvalue weighted by Crippen LogP contribution is 2.34. The molecule has 1 heterocycles. The second-order valence-corrected chi connectivity index (χ2v) is 5.74. The van der Waals surface area contributed by atoms with E-state index >= 15 is 0 Å². The van der Waals surface area contributed by atoms with Gasteiger partial charge >= 0.3 is 0 Å². The number of hydrogen-bond donors (Lipinski definition) is 0. The van der Waals surface area contributed by atoms with E-state index in [1.807, 2.05) is 0 Å². The highest BCUT2D eigenvalue weighted by atomic mass is 16.5. The topological polar surface area (TPSA) is 26.3 Å². The van der Waals surface area contributed by atoms with Crippen LogP contribution >= 0.6 is 0 Å². The Balaban J connectivity index is 2.59. The molecule has 0 N–H and O–H groups in total. The molecule has 0 aliphatic carbocycles. The Labute approximate surface area is 99.8 Å². The van der Waals surface area contributed by atoms with Crippen molar-refractivity contribution >= 4 is 6.29 Å². The van der Waals surface area contributed by atoms with Crippen LogP contribution in [-0.2, 0) is 9.53 Å². The first-order chi connectivity index (χ1) is 7.54. The van der Waals surface area contributed by atoms with Gasteiger partial charge in [-0.2, -0.15) is 0 Å². The van der Waals surface area contributed by atoms with Crippen molar-refractivity contribution in [2.24, 2.45) is 17.8 Å². The van der Waals surface area contributed by atoms with Crippen LogP contribution in [0.25, 0.3) is 0 Å². The lowest BCUT2D eigenvalue weighted by molar-refractivity contribution is -0.113. The van der Waals surface area contributed by atoms with Crippen LogP contribution in [0.15, 0.2) is 0 Å². The third kappa shape index (κ3) is 3.89. The SMILES string of the molecule is CC(C)CC1OC(C)CCC1C(C)CC=O. The molecule has 0 saturated carbocycles. The number of ether oxygens (including phenoxy) is 1. The molecule has 0 radical (unpaired) electrons. The fourth-order valence-corrected chi connectivity index (χ4v) is 2.75. The van der Waals surface area contributed by atoms with E-state index in [2.05, 4.69) is 27.7 Å². The van der Waals surface area contributed by atoms with Gasteiger partial charge in [0.05, 0.1) is 12.2 Å². The molecule has 94 valence electrons. The van der Waals surface area contributed by atoms with E-state index in [1.165, 1.54) is 6.42 Å². The molecule has 1 fully saturated rings. The highest BCUT2D eigenvalue weighted by molar-refractivity contribution is 5.49. The monoisotopic (exact) mass is 226 g/mol. The summed E-state index contributed by atoms with van der Waals surface area (Å²) in [4.78, 5) is 10.6. The minimum absolute atomic E-state index is 0.360. The molecule has 2 nitrogen and oxygen atoms in total. The Morgan fingerprint density at radius 1 is 1.31 bits per heavy atom. The van der Waals surface area contributed by atoms with Crippen LogP contribution in [-0.4, -0.2) is 18.5 Å². The third-order valence-corrected chi connectivity index (χ3v) is 3.69. The smallest absolute Gasteiger partial charge is 0.120 e. The van der Waals surface area contributed by atoms with E-state index in [0.717, 1.165) is 19.1 Å². The maximum absolute atomic E-state index is 10.6. The highest BCUT2D eigenvalue weighted by Gasteiger charge is 2.33. The van der Waals surface area contributed by atoms with E-state index in [9.17, 15) is 4.79 Å². The van der Waals surface area contributed by atoms with Gasteiger partial charge in [0.1, 0.15) is 6.29 Å². The largest absolute Gasteiger partial charge is 0.375 e. The molecule has 0 amide bonds. The van der Waals surface area contributed by atoms with Gasteiger partial charge in [-0.05, 0) is 43.9 Å². The molecule has 0 spiro atoms. The molecule has 1 aliphatic heterocycles. The quantitative estimate of drug-likeness (QED) is 0.671. The average Bonchev–Trinajstić information content (AvgIpc) is 2.16. The van der Waals surface area contributed by atoms with Gasteiger partial charge in [0, 0.05) is 6.42 Å². The molecule has 0 aromatic heterocycles. The van der Waals surface area contributed by atoms with Crippen LogP contribution in [0.3, 0.4) is 0 Å². The van der Waals surface area contributed by atoms with Crippen molar-refractivity contribution in [1.29, 1.82) is 0 Å². The van der Waals surface area contributed by atoms with E-state index < -0.39 is 0 Å². The van der Waals surface area contributed by atoms with Gasteiger partial charge in [-0.3, -0.25) is 0 Å². The standard InChI is InChI=1S/C14H26O2/c1-10(2)9-14-13(11(3)7-8-15)6-5-12(4)16-14/h8,10-14H,5-7,9H2,1-4H3. The van der Waals surface area contributed by atoms with Crippen molar-refractivity contribution in [3.8, 4) is 0 Å². The molecule has 0 bridgehead atoms. The summed E-state index contributed by atoms with van der Waals surface area (Å²) in [6.45, 7) is 8.83. The molecule has 2 heteroatoms. The lowest BCUT2D eigenvalue weighted by Gasteiger charge is -2.39. The maximum Gasteiger partial charge on any atom is 0.120 e. The van der Waals surface area contributed by atoms with Gasteiger partial charge in [0.25, 0.3) is 0 Å². The Hall–Kier alpha value is -0.370. The average molecular weight is 226 g/mol. The van der Waals surface area contributed by atoms with Crippen molar-refractivity contribution < 1.29 is 9.53 Å². The van der Waals surface area contributed by atoms with Gasteiger partial charge in [0.2, 0.25) is 0 Å². The molecule has 4 atom stereocenters. The fourth-order valence-electron chi connectivity index (χ4n) is 2.75. The zero-order valence-corrected chi connectivity index (χ0v) is 11.1. The van der Waals surface area contributed by atoms with Gasteiger partial charge in [0.15, 0.2) is 0 Å².